The van der Waals surface area contributed by atoms with Gasteiger partial charge in [-0.05, 0) is 42.9 Å². The molecule has 0 saturated carbocycles. The van der Waals surface area contributed by atoms with Gasteiger partial charge >= 0.3 is 0 Å². The number of carbonyl (C=O) groups is 1. The molecular formula is C16H17NO3. The molecule has 4 nitrogen and oxygen atoms in total. The molecule has 2 heterocycles. The zero-order chi connectivity index (χ0) is 13.5. The fourth-order valence-corrected chi connectivity index (χ4v) is 3.39. The van der Waals surface area contributed by atoms with E-state index < -0.39 is 0 Å². The Morgan fingerprint density at radius 3 is 2.50 bits per heavy atom. The number of nitrogens with zero attached hydrogens (tertiary/aromatic N) is 1. The molecule has 104 valence electrons. The van der Waals surface area contributed by atoms with Gasteiger partial charge in [-0.2, -0.15) is 0 Å². The zero-order valence-electron chi connectivity index (χ0n) is 11.2. The van der Waals surface area contributed by atoms with Crippen LogP contribution in [0.3, 0.4) is 0 Å². The van der Waals surface area contributed by atoms with E-state index in [2.05, 4.69) is 12.2 Å². The van der Waals surface area contributed by atoms with Crippen LogP contribution in [0.5, 0.6) is 11.5 Å². The number of likely N-dealkylation sites (tertiary alicyclic amines) is 1. The van der Waals surface area contributed by atoms with E-state index in [0.29, 0.717) is 23.1 Å². The molecule has 4 rings (SSSR count). The Bertz CT molecular complexity index is 565. The van der Waals surface area contributed by atoms with Crippen molar-refractivity contribution < 1.29 is 14.3 Å². The third-order valence-electron chi connectivity index (χ3n) is 4.53. The van der Waals surface area contributed by atoms with Crippen molar-refractivity contribution in [3.05, 3.63) is 35.9 Å². The van der Waals surface area contributed by atoms with E-state index in [-0.39, 0.29) is 12.7 Å². The average Bonchev–Trinajstić information content (AvgIpc) is 3.11. The van der Waals surface area contributed by atoms with Gasteiger partial charge in [0, 0.05) is 18.7 Å². The Labute approximate surface area is 118 Å². The molecule has 1 aromatic rings. The molecule has 2 aliphatic heterocycles. The van der Waals surface area contributed by atoms with Crippen LogP contribution in [0.25, 0.3) is 0 Å². The van der Waals surface area contributed by atoms with E-state index in [9.17, 15) is 4.79 Å². The molecule has 0 spiro atoms. The zero-order valence-corrected chi connectivity index (χ0v) is 11.2. The van der Waals surface area contributed by atoms with Crippen molar-refractivity contribution >= 4 is 5.91 Å². The fraction of sp³-hybridized carbons (Fsp3) is 0.438. The lowest BCUT2D eigenvalue weighted by Gasteiger charge is -2.17. The van der Waals surface area contributed by atoms with Crippen LogP contribution in [-0.4, -0.2) is 30.7 Å². The molecular weight excluding hydrogens is 254 g/mol. The highest BCUT2D eigenvalue weighted by Crippen LogP contribution is 2.35. The average molecular weight is 271 g/mol. The third kappa shape index (κ3) is 1.87. The molecule has 0 radical (unpaired) electrons. The molecule has 1 saturated heterocycles. The first-order valence-electron chi connectivity index (χ1n) is 7.15. The lowest BCUT2D eigenvalue weighted by Crippen LogP contribution is -2.28. The number of amides is 1. The predicted octanol–water partition coefficient (Wildman–Crippen LogP) is 2.45. The third-order valence-corrected chi connectivity index (χ3v) is 4.53. The van der Waals surface area contributed by atoms with Gasteiger partial charge in [0.2, 0.25) is 6.79 Å². The lowest BCUT2D eigenvalue weighted by atomic mass is 9.86. The van der Waals surface area contributed by atoms with Crippen LogP contribution in [0.2, 0.25) is 0 Å². The van der Waals surface area contributed by atoms with Crippen LogP contribution < -0.4 is 9.47 Å². The monoisotopic (exact) mass is 271 g/mol. The molecule has 1 fully saturated rings. The highest BCUT2D eigenvalue weighted by molar-refractivity contribution is 5.95. The van der Waals surface area contributed by atoms with Crippen molar-refractivity contribution in [3.8, 4) is 11.5 Å². The van der Waals surface area contributed by atoms with Gasteiger partial charge in [0.15, 0.2) is 11.5 Å². The minimum absolute atomic E-state index is 0.109. The standard InChI is InChI=1S/C16H17NO3/c18-16(11-5-6-14-15(7-11)20-10-19-14)17-8-12-3-1-2-4-13(12)9-17/h1-2,5-7,12-13H,3-4,8-10H2. The molecule has 0 bridgehead atoms. The SMILES string of the molecule is O=C(c1ccc2c(c1)OCO2)N1CC2CC=CCC2C1. The van der Waals surface area contributed by atoms with Gasteiger partial charge in [0.05, 0.1) is 0 Å². The molecule has 3 aliphatic rings. The maximum atomic E-state index is 12.6. The topological polar surface area (TPSA) is 38.8 Å². The van der Waals surface area contributed by atoms with Gasteiger partial charge in [-0.25, -0.2) is 0 Å². The van der Waals surface area contributed by atoms with Gasteiger partial charge < -0.3 is 14.4 Å². The molecule has 4 heteroatoms. The molecule has 20 heavy (non-hydrogen) atoms. The predicted molar refractivity (Wildman–Crippen MR) is 73.8 cm³/mol. The number of rotatable bonds is 1. The lowest BCUT2D eigenvalue weighted by molar-refractivity contribution is 0.0784. The quantitative estimate of drug-likeness (QED) is 0.736. The number of benzene rings is 1. The van der Waals surface area contributed by atoms with Crippen LogP contribution in [0, 0.1) is 11.8 Å². The Morgan fingerprint density at radius 1 is 1.05 bits per heavy atom. The first-order valence-corrected chi connectivity index (χ1v) is 7.15. The summed E-state index contributed by atoms with van der Waals surface area (Å²) in [6.45, 7) is 2.00. The van der Waals surface area contributed by atoms with E-state index in [1.54, 1.807) is 6.07 Å². The van der Waals surface area contributed by atoms with E-state index in [1.165, 1.54) is 0 Å². The maximum absolute atomic E-state index is 12.6. The number of hydrogen-bond donors (Lipinski definition) is 0. The van der Waals surface area contributed by atoms with Gasteiger partial charge in [-0.1, -0.05) is 12.2 Å². The number of ether oxygens (including phenoxy) is 2. The Balaban J connectivity index is 1.53. The summed E-state index contributed by atoms with van der Waals surface area (Å²) in [5, 5.41) is 0. The minimum Gasteiger partial charge on any atom is -0.454 e. The van der Waals surface area contributed by atoms with Gasteiger partial charge in [0.1, 0.15) is 0 Å². The number of allylic oxidation sites excluding steroid dienone is 2. The van der Waals surface area contributed by atoms with E-state index in [1.807, 2.05) is 17.0 Å². The summed E-state index contributed by atoms with van der Waals surface area (Å²) in [5.41, 5.74) is 0.695. The second-order valence-corrected chi connectivity index (χ2v) is 5.74. The summed E-state index contributed by atoms with van der Waals surface area (Å²) >= 11 is 0. The summed E-state index contributed by atoms with van der Waals surface area (Å²) in [4.78, 5) is 14.6. The summed E-state index contributed by atoms with van der Waals surface area (Å²) in [6.07, 6.45) is 6.70. The Hall–Kier alpha value is -1.97. The maximum Gasteiger partial charge on any atom is 0.254 e. The molecule has 2 unspecified atom stereocenters. The van der Waals surface area contributed by atoms with Crippen LogP contribution in [0.4, 0.5) is 0 Å². The number of hydrogen-bond acceptors (Lipinski definition) is 3. The Kier molecular flexibility index (Phi) is 2.69. The second-order valence-electron chi connectivity index (χ2n) is 5.74. The molecule has 1 amide bonds. The second kappa shape index (κ2) is 4.54. The van der Waals surface area contributed by atoms with Crippen LogP contribution >= 0.6 is 0 Å². The highest BCUT2D eigenvalue weighted by atomic mass is 16.7. The van der Waals surface area contributed by atoms with E-state index in [4.69, 9.17) is 9.47 Å². The summed E-state index contributed by atoms with van der Waals surface area (Å²) in [6, 6.07) is 5.45. The van der Waals surface area contributed by atoms with Gasteiger partial charge in [-0.15, -0.1) is 0 Å². The summed E-state index contributed by atoms with van der Waals surface area (Å²) in [5.74, 6) is 2.78. The van der Waals surface area contributed by atoms with Crippen LogP contribution in [-0.2, 0) is 0 Å². The first-order chi connectivity index (χ1) is 9.81. The molecule has 1 aliphatic carbocycles. The number of carbonyl (C=O) groups excluding carboxylic acids is 1. The van der Waals surface area contributed by atoms with Crippen molar-refractivity contribution in [3.63, 3.8) is 0 Å². The van der Waals surface area contributed by atoms with E-state index in [0.717, 1.165) is 31.7 Å². The highest BCUT2D eigenvalue weighted by Gasteiger charge is 2.35. The smallest absolute Gasteiger partial charge is 0.254 e. The van der Waals surface area contributed by atoms with Crippen molar-refractivity contribution in [2.75, 3.05) is 19.9 Å². The summed E-state index contributed by atoms with van der Waals surface area (Å²) in [7, 11) is 0. The molecule has 2 atom stereocenters. The Morgan fingerprint density at radius 2 is 1.75 bits per heavy atom. The van der Waals surface area contributed by atoms with Crippen molar-refractivity contribution in [2.45, 2.75) is 12.8 Å². The van der Waals surface area contributed by atoms with Crippen LogP contribution in [0.15, 0.2) is 30.4 Å². The van der Waals surface area contributed by atoms with Crippen molar-refractivity contribution in [1.29, 1.82) is 0 Å². The molecule has 1 aromatic carbocycles. The van der Waals surface area contributed by atoms with Gasteiger partial charge in [-0.3, -0.25) is 4.79 Å². The number of fused-ring (bicyclic) bond motifs is 2. The largest absolute Gasteiger partial charge is 0.454 e. The van der Waals surface area contributed by atoms with Crippen molar-refractivity contribution in [2.24, 2.45) is 11.8 Å². The molecule has 0 N–H and O–H groups in total. The van der Waals surface area contributed by atoms with Crippen molar-refractivity contribution in [1.82, 2.24) is 4.90 Å². The molecule has 0 aromatic heterocycles. The van der Waals surface area contributed by atoms with Crippen LogP contribution in [0.1, 0.15) is 23.2 Å². The fourth-order valence-electron chi connectivity index (χ4n) is 3.39. The first kappa shape index (κ1) is 11.8. The van der Waals surface area contributed by atoms with E-state index >= 15 is 0 Å². The minimum atomic E-state index is 0.109. The normalized spacial score (nSPS) is 26.7. The van der Waals surface area contributed by atoms with Gasteiger partial charge in [0.25, 0.3) is 5.91 Å². The summed E-state index contributed by atoms with van der Waals surface area (Å²) < 4.78 is 10.6.